The summed E-state index contributed by atoms with van der Waals surface area (Å²) in [7, 11) is 0. The zero-order valence-corrected chi connectivity index (χ0v) is 9.47. The second-order valence-electron chi connectivity index (χ2n) is 4.18. The molecule has 1 aliphatic heterocycles. The molecule has 1 fully saturated rings. The summed E-state index contributed by atoms with van der Waals surface area (Å²) >= 11 is 0. The van der Waals surface area contributed by atoms with Crippen molar-refractivity contribution in [2.45, 2.75) is 12.8 Å². The lowest BCUT2D eigenvalue weighted by Crippen LogP contribution is -2.38. The summed E-state index contributed by atoms with van der Waals surface area (Å²) in [6, 6.07) is 5.54. The molecule has 0 saturated carbocycles. The number of amides is 1. The maximum Gasteiger partial charge on any atom is 0.220 e. The Labute approximate surface area is 99.9 Å². The number of nitriles is 1. The van der Waals surface area contributed by atoms with E-state index < -0.39 is 0 Å². The Balaban J connectivity index is 2.05. The first-order chi connectivity index (χ1) is 8.20. The van der Waals surface area contributed by atoms with Crippen LogP contribution in [0.1, 0.15) is 18.4 Å². The molecule has 1 saturated heterocycles. The molecular formula is C12H14N4O. The molecule has 0 unspecified atom stereocenters. The van der Waals surface area contributed by atoms with Gasteiger partial charge in [0.25, 0.3) is 0 Å². The van der Waals surface area contributed by atoms with Crippen molar-refractivity contribution in [1.29, 1.82) is 5.26 Å². The van der Waals surface area contributed by atoms with E-state index in [0.717, 1.165) is 31.7 Å². The molecule has 2 N–H and O–H groups in total. The summed E-state index contributed by atoms with van der Waals surface area (Å²) < 4.78 is 0. The normalized spacial score (nSPS) is 16.5. The molecule has 0 bridgehead atoms. The number of pyridine rings is 1. The van der Waals surface area contributed by atoms with Crippen LogP contribution in [-0.4, -0.2) is 24.0 Å². The first-order valence-corrected chi connectivity index (χ1v) is 5.61. The van der Waals surface area contributed by atoms with Crippen LogP contribution in [0.5, 0.6) is 0 Å². The molecule has 2 heterocycles. The highest BCUT2D eigenvalue weighted by molar-refractivity contribution is 5.77. The van der Waals surface area contributed by atoms with E-state index in [0.29, 0.717) is 5.56 Å². The van der Waals surface area contributed by atoms with E-state index in [4.69, 9.17) is 11.0 Å². The van der Waals surface area contributed by atoms with E-state index >= 15 is 0 Å². The number of hydrogen-bond donors (Lipinski definition) is 1. The van der Waals surface area contributed by atoms with Crippen LogP contribution in [0.3, 0.4) is 0 Å². The smallest absolute Gasteiger partial charge is 0.220 e. The largest absolute Gasteiger partial charge is 0.369 e. The van der Waals surface area contributed by atoms with Gasteiger partial charge in [-0.3, -0.25) is 4.79 Å². The number of primary amides is 1. The monoisotopic (exact) mass is 230 g/mol. The first-order valence-electron chi connectivity index (χ1n) is 5.61. The van der Waals surface area contributed by atoms with Gasteiger partial charge in [0, 0.05) is 25.2 Å². The zero-order valence-electron chi connectivity index (χ0n) is 9.47. The fourth-order valence-corrected chi connectivity index (χ4v) is 2.05. The predicted molar refractivity (Wildman–Crippen MR) is 63.1 cm³/mol. The quantitative estimate of drug-likeness (QED) is 0.808. The number of piperidine rings is 1. The minimum Gasteiger partial charge on any atom is -0.369 e. The van der Waals surface area contributed by atoms with E-state index in [9.17, 15) is 4.79 Å². The third-order valence-electron chi connectivity index (χ3n) is 3.10. The molecule has 0 radical (unpaired) electrons. The van der Waals surface area contributed by atoms with E-state index in [1.807, 2.05) is 0 Å². The van der Waals surface area contributed by atoms with Gasteiger partial charge >= 0.3 is 0 Å². The Bertz CT molecular complexity index is 458. The molecule has 1 amide bonds. The maximum absolute atomic E-state index is 11.0. The van der Waals surface area contributed by atoms with E-state index in [1.165, 1.54) is 0 Å². The highest BCUT2D eigenvalue weighted by Gasteiger charge is 2.23. The fraction of sp³-hybridized carbons (Fsp3) is 0.417. The van der Waals surface area contributed by atoms with Crippen molar-refractivity contribution in [3.8, 4) is 6.07 Å². The van der Waals surface area contributed by atoms with Crippen LogP contribution in [0.25, 0.3) is 0 Å². The number of nitrogens with zero attached hydrogens (tertiary/aromatic N) is 3. The Hall–Kier alpha value is -2.09. The van der Waals surface area contributed by atoms with E-state index in [-0.39, 0.29) is 11.8 Å². The number of carbonyl (C=O) groups is 1. The fourth-order valence-electron chi connectivity index (χ4n) is 2.05. The molecule has 1 aromatic rings. The van der Waals surface area contributed by atoms with Gasteiger partial charge in [0.05, 0.1) is 11.6 Å². The Kier molecular flexibility index (Phi) is 3.24. The van der Waals surface area contributed by atoms with Crippen molar-refractivity contribution in [2.75, 3.05) is 18.0 Å². The number of anilines is 1. The highest BCUT2D eigenvalue weighted by Crippen LogP contribution is 2.21. The molecule has 88 valence electrons. The van der Waals surface area contributed by atoms with Gasteiger partial charge in [0.2, 0.25) is 5.91 Å². The lowest BCUT2D eigenvalue weighted by molar-refractivity contribution is -0.122. The standard InChI is InChI=1S/C12H14N4O/c13-8-9-1-4-15-11(7-9)16-5-2-10(3-6-16)12(14)17/h1,4,7,10H,2-3,5-6H2,(H2,14,17). The van der Waals surface area contributed by atoms with Gasteiger partial charge in [-0.1, -0.05) is 0 Å². The van der Waals surface area contributed by atoms with Gasteiger partial charge in [0.15, 0.2) is 0 Å². The van der Waals surface area contributed by atoms with Gasteiger partial charge in [-0.2, -0.15) is 5.26 Å². The molecule has 17 heavy (non-hydrogen) atoms. The molecule has 0 spiro atoms. The van der Waals surface area contributed by atoms with Crippen molar-refractivity contribution in [2.24, 2.45) is 11.7 Å². The van der Waals surface area contributed by atoms with Crippen LogP contribution in [-0.2, 0) is 4.79 Å². The van der Waals surface area contributed by atoms with Crippen molar-refractivity contribution >= 4 is 11.7 Å². The lowest BCUT2D eigenvalue weighted by Gasteiger charge is -2.31. The Morgan fingerprint density at radius 1 is 1.53 bits per heavy atom. The number of aromatic nitrogens is 1. The molecule has 5 nitrogen and oxygen atoms in total. The van der Waals surface area contributed by atoms with Gasteiger partial charge in [-0.15, -0.1) is 0 Å². The second-order valence-corrected chi connectivity index (χ2v) is 4.18. The van der Waals surface area contributed by atoms with Crippen LogP contribution in [0.2, 0.25) is 0 Å². The highest BCUT2D eigenvalue weighted by atomic mass is 16.1. The molecule has 1 aliphatic rings. The number of hydrogen-bond acceptors (Lipinski definition) is 4. The lowest BCUT2D eigenvalue weighted by atomic mass is 9.96. The van der Waals surface area contributed by atoms with Gasteiger partial charge in [0.1, 0.15) is 5.82 Å². The van der Waals surface area contributed by atoms with Gasteiger partial charge in [-0.25, -0.2) is 4.98 Å². The van der Waals surface area contributed by atoms with Gasteiger partial charge < -0.3 is 10.6 Å². The van der Waals surface area contributed by atoms with E-state index in [2.05, 4.69) is 16.0 Å². The molecular weight excluding hydrogens is 216 g/mol. The summed E-state index contributed by atoms with van der Waals surface area (Å²) in [6.45, 7) is 1.52. The number of rotatable bonds is 2. The van der Waals surface area contributed by atoms with Crippen LogP contribution in [0.4, 0.5) is 5.82 Å². The Morgan fingerprint density at radius 2 is 2.24 bits per heavy atom. The second kappa shape index (κ2) is 4.83. The summed E-state index contributed by atoms with van der Waals surface area (Å²) in [6.07, 6.45) is 3.15. The maximum atomic E-state index is 11.0. The van der Waals surface area contributed by atoms with Crippen molar-refractivity contribution < 1.29 is 4.79 Å². The number of nitrogens with two attached hydrogens (primary N) is 1. The first kappa shape index (κ1) is 11.4. The average molecular weight is 230 g/mol. The Morgan fingerprint density at radius 3 is 2.82 bits per heavy atom. The van der Waals surface area contributed by atoms with Crippen molar-refractivity contribution in [1.82, 2.24) is 4.98 Å². The van der Waals surface area contributed by atoms with E-state index in [1.54, 1.807) is 18.3 Å². The van der Waals surface area contributed by atoms with Crippen LogP contribution >= 0.6 is 0 Å². The SMILES string of the molecule is N#Cc1ccnc(N2CCC(C(N)=O)CC2)c1. The summed E-state index contributed by atoms with van der Waals surface area (Å²) in [4.78, 5) is 17.4. The van der Waals surface area contributed by atoms with Gasteiger partial charge in [-0.05, 0) is 25.0 Å². The van der Waals surface area contributed by atoms with Crippen LogP contribution < -0.4 is 10.6 Å². The minimum absolute atomic E-state index is 0.0228. The molecule has 0 atom stereocenters. The summed E-state index contributed by atoms with van der Waals surface area (Å²) in [5.41, 5.74) is 5.88. The third-order valence-corrected chi connectivity index (χ3v) is 3.10. The van der Waals surface area contributed by atoms with Crippen molar-refractivity contribution in [3.63, 3.8) is 0 Å². The molecule has 0 aromatic carbocycles. The summed E-state index contributed by atoms with van der Waals surface area (Å²) in [5.74, 6) is 0.556. The molecule has 5 heteroatoms. The average Bonchev–Trinajstić information content (AvgIpc) is 2.39. The third kappa shape index (κ3) is 2.53. The topological polar surface area (TPSA) is 83.0 Å². The van der Waals surface area contributed by atoms with Crippen LogP contribution in [0, 0.1) is 17.2 Å². The molecule has 1 aromatic heterocycles. The number of carbonyl (C=O) groups excluding carboxylic acids is 1. The minimum atomic E-state index is -0.219. The predicted octanol–water partition coefficient (Wildman–Crippen LogP) is 0.655. The molecule has 0 aliphatic carbocycles. The van der Waals surface area contributed by atoms with Crippen LogP contribution in [0.15, 0.2) is 18.3 Å². The molecule has 2 rings (SSSR count). The van der Waals surface area contributed by atoms with Crippen molar-refractivity contribution in [3.05, 3.63) is 23.9 Å². The summed E-state index contributed by atoms with van der Waals surface area (Å²) in [5, 5.41) is 8.82. The zero-order chi connectivity index (χ0) is 12.3.